The van der Waals surface area contributed by atoms with Crippen LogP contribution in [0.1, 0.15) is 55.9 Å². The molecule has 1 aromatic rings. The molecular formula is C24H34N2O4. The summed E-state index contributed by atoms with van der Waals surface area (Å²) in [7, 11) is 3.48. The van der Waals surface area contributed by atoms with Crippen LogP contribution in [0.4, 0.5) is 0 Å². The Morgan fingerprint density at radius 3 is 2.07 bits per heavy atom. The lowest BCUT2D eigenvalue weighted by Gasteiger charge is -2.43. The van der Waals surface area contributed by atoms with Crippen LogP contribution < -0.4 is 0 Å². The molecule has 2 aliphatic heterocycles. The Hall–Kier alpha value is -2.18. The van der Waals surface area contributed by atoms with E-state index in [1.54, 1.807) is 12.0 Å². The van der Waals surface area contributed by atoms with Crippen LogP contribution in [0, 0.1) is 26.2 Å². The normalized spacial score (nSPS) is 19.7. The molecule has 1 aromatic carbocycles. The molecule has 2 heterocycles. The van der Waals surface area contributed by atoms with Gasteiger partial charge < -0.3 is 14.5 Å². The van der Waals surface area contributed by atoms with Crippen molar-refractivity contribution in [2.45, 2.75) is 59.9 Å². The molecule has 1 saturated heterocycles. The number of carbonyl (C=O) groups excluding carboxylic acids is 2. The molecule has 30 heavy (non-hydrogen) atoms. The number of esters is 1. The van der Waals surface area contributed by atoms with Crippen molar-refractivity contribution in [3.63, 3.8) is 0 Å². The standard InChI is InChI=1S/C24H34N2O4/c1-15-13-16(2)18(17(3)14-15)19-20(30-22(28)23(4,5)6)24(25(7)21(19)27)9-11-26(29-8)12-10-24/h13-14H,9-12H2,1-8H3. The highest BCUT2D eigenvalue weighted by Crippen LogP contribution is 2.47. The largest absolute Gasteiger partial charge is 0.427 e. The summed E-state index contributed by atoms with van der Waals surface area (Å²) in [5, 5.41) is 1.88. The molecule has 2 aliphatic rings. The summed E-state index contributed by atoms with van der Waals surface area (Å²) in [6.45, 7) is 12.9. The summed E-state index contributed by atoms with van der Waals surface area (Å²) in [6, 6.07) is 4.15. The number of piperidine rings is 1. The van der Waals surface area contributed by atoms with Crippen molar-refractivity contribution in [1.82, 2.24) is 9.96 Å². The molecule has 1 fully saturated rings. The van der Waals surface area contributed by atoms with Crippen LogP contribution in [-0.2, 0) is 19.2 Å². The fraction of sp³-hybridized carbons (Fsp3) is 0.583. The van der Waals surface area contributed by atoms with E-state index in [-0.39, 0.29) is 11.9 Å². The van der Waals surface area contributed by atoms with Crippen molar-refractivity contribution < 1.29 is 19.2 Å². The van der Waals surface area contributed by atoms with Gasteiger partial charge in [-0.25, -0.2) is 0 Å². The summed E-state index contributed by atoms with van der Waals surface area (Å²) in [5.41, 5.74) is 3.25. The lowest BCUT2D eigenvalue weighted by molar-refractivity contribution is -0.167. The first-order valence-electron chi connectivity index (χ1n) is 10.5. The Bertz CT molecular complexity index is 879. The number of carbonyl (C=O) groups is 2. The van der Waals surface area contributed by atoms with Gasteiger partial charge in [0.15, 0.2) is 0 Å². The SMILES string of the molecule is CON1CCC2(CC1)C(OC(=O)C(C)(C)C)=C(c1c(C)cc(C)cc1C)C(=O)N2C. The van der Waals surface area contributed by atoms with E-state index in [1.165, 1.54) is 0 Å². The quantitative estimate of drug-likeness (QED) is 0.705. The van der Waals surface area contributed by atoms with Gasteiger partial charge in [-0.15, -0.1) is 0 Å². The van der Waals surface area contributed by atoms with Crippen LogP contribution in [0.2, 0.25) is 0 Å². The minimum Gasteiger partial charge on any atom is -0.427 e. The number of ether oxygens (including phenoxy) is 1. The lowest BCUT2D eigenvalue weighted by atomic mass is 9.84. The van der Waals surface area contributed by atoms with Crippen LogP contribution in [0.15, 0.2) is 17.9 Å². The number of hydroxylamine groups is 2. The molecule has 0 atom stereocenters. The molecule has 164 valence electrons. The third-order valence-electron chi connectivity index (χ3n) is 6.35. The number of rotatable bonds is 3. The van der Waals surface area contributed by atoms with Crippen molar-refractivity contribution in [1.29, 1.82) is 0 Å². The second-order valence-corrected chi connectivity index (χ2v) is 9.62. The predicted octanol–water partition coefficient (Wildman–Crippen LogP) is 3.78. The van der Waals surface area contributed by atoms with Gasteiger partial charge in [0.2, 0.25) is 0 Å². The number of benzene rings is 1. The zero-order valence-electron chi connectivity index (χ0n) is 19.5. The molecule has 3 rings (SSSR count). The fourth-order valence-electron chi connectivity index (χ4n) is 4.63. The molecule has 0 bridgehead atoms. The smallest absolute Gasteiger partial charge is 0.316 e. The first-order valence-corrected chi connectivity index (χ1v) is 10.5. The summed E-state index contributed by atoms with van der Waals surface area (Å²) in [5.74, 6) is 0.0856. The first-order chi connectivity index (χ1) is 13.9. The van der Waals surface area contributed by atoms with Gasteiger partial charge in [0.05, 0.1) is 18.1 Å². The van der Waals surface area contributed by atoms with Gasteiger partial charge in [0.1, 0.15) is 11.3 Å². The second kappa shape index (κ2) is 7.82. The summed E-state index contributed by atoms with van der Waals surface area (Å²) in [6.07, 6.45) is 1.28. The molecule has 0 aliphatic carbocycles. The van der Waals surface area contributed by atoms with Crippen molar-refractivity contribution in [2.75, 3.05) is 27.2 Å². The van der Waals surface area contributed by atoms with Crippen molar-refractivity contribution in [2.24, 2.45) is 5.41 Å². The topological polar surface area (TPSA) is 59.1 Å². The van der Waals surface area contributed by atoms with Crippen molar-refractivity contribution in [3.05, 3.63) is 40.1 Å². The zero-order chi connectivity index (χ0) is 22.4. The van der Waals surface area contributed by atoms with E-state index < -0.39 is 11.0 Å². The Morgan fingerprint density at radius 2 is 1.60 bits per heavy atom. The zero-order valence-corrected chi connectivity index (χ0v) is 19.5. The van der Waals surface area contributed by atoms with Crippen molar-refractivity contribution >= 4 is 17.4 Å². The minimum atomic E-state index is -0.673. The third-order valence-corrected chi connectivity index (χ3v) is 6.35. The summed E-state index contributed by atoms with van der Waals surface area (Å²) >= 11 is 0. The first kappa shape index (κ1) is 22.5. The second-order valence-electron chi connectivity index (χ2n) is 9.62. The molecule has 0 N–H and O–H groups in total. The van der Waals surface area contributed by atoms with Crippen LogP contribution >= 0.6 is 0 Å². The molecule has 0 unspecified atom stereocenters. The molecule has 1 amide bonds. The van der Waals surface area contributed by atoms with Gasteiger partial charge in [-0.2, -0.15) is 5.06 Å². The van der Waals surface area contributed by atoms with Gasteiger partial charge in [-0.3, -0.25) is 9.59 Å². The highest BCUT2D eigenvalue weighted by Gasteiger charge is 2.54. The number of aryl methyl sites for hydroxylation is 3. The number of amides is 1. The Balaban J connectivity index is 2.22. The van der Waals surface area contributed by atoms with E-state index in [0.717, 1.165) is 22.3 Å². The van der Waals surface area contributed by atoms with Gasteiger partial charge in [-0.1, -0.05) is 17.7 Å². The molecule has 6 nitrogen and oxygen atoms in total. The average Bonchev–Trinajstić information content (AvgIpc) is 2.84. The summed E-state index contributed by atoms with van der Waals surface area (Å²) in [4.78, 5) is 33.7. The Kier molecular flexibility index (Phi) is 5.87. The van der Waals surface area contributed by atoms with E-state index in [9.17, 15) is 9.59 Å². The van der Waals surface area contributed by atoms with Crippen LogP contribution in [-0.4, -0.2) is 54.6 Å². The average molecular weight is 415 g/mol. The highest BCUT2D eigenvalue weighted by atomic mass is 16.7. The minimum absolute atomic E-state index is 0.0902. The maximum Gasteiger partial charge on any atom is 0.316 e. The number of nitrogens with zero attached hydrogens (tertiary/aromatic N) is 2. The van der Waals surface area contributed by atoms with E-state index >= 15 is 0 Å². The maximum absolute atomic E-state index is 13.6. The van der Waals surface area contributed by atoms with Gasteiger partial charge in [0, 0.05) is 20.1 Å². The van der Waals surface area contributed by atoms with E-state index in [2.05, 4.69) is 12.1 Å². The monoisotopic (exact) mass is 414 g/mol. The van der Waals surface area contributed by atoms with E-state index in [4.69, 9.17) is 9.57 Å². The fourth-order valence-corrected chi connectivity index (χ4v) is 4.63. The Labute approximate surface area is 179 Å². The highest BCUT2D eigenvalue weighted by molar-refractivity contribution is 6.24. The molecule has 6 heteroatoms. The predicted molar refractivity (Wildman–Crippen MR) is 116 cm³/mol. The Morgan fingerprint density at radius 1 is 1.07 bits per heavy atom. The molecule has 0 radical (unpaired) electrons. The van der Waals surface area contributed by atoms with Gasteiger partial charge in [-0.05, 0) is 71.1 Å². The number of likely N-dealkylation sites (N-methyl/N-ethyl adjacent to an activating group) is 1. The van der Waals surface area contributed by atoms with Gasteiger partial charge in [0.25, 0.3) is 5.91 Å². The number of hydrogen-bond donors (Lipinski definition) is 0. The summed E-state index contributed by atoms with van der Waals surface area (Å²) < 4.78 is 6.10. The molecule has 0 aromatic heterocycles. The molecule has 0 saturated carbocycles. The lowest BCUT2D eigenvalue weighted by Crippen LogP contribution is -2.54. The van der Waals surface area contributed by atoms with Crippen LogP contribution in [0.25, 0.3) is 5.57 Å². The van der Waals surface area contributed by atoms with Crippen LogP contribution in [0.3, 0.4) is 0 Å². The van der Waals surface area contributed by atoms with Crippen LogP contribution in [0.5, 0.6) is 0 Å². The molecular weight excluding hydrogens is 380 g/mol. The van der Waals surface area contributed by atoms with E-state index in [0.29, 0.717) is 37.3 Å². The third kappa shape index (κ3) is 3.67. The maximum atomic E-state index is 13.6. The van der Waals surface area contributed by atoms with Crippen molar-refractivity contribution in [3.8, 4) is 0 Å². The molecule has 1 spiro atoms. The number of hydrogen-bond acceptors (Lipinski definition) is 5. The van der Waals surface area contributed by atoms with E-state index in [1.807, 2.05) is 53.7 Å². The van der Waals surface area contributed by atoms with Gasteiger partial charge >= 0.3 is 5.97 Å².